The van der Waals surface area contributed by atoms with E-state index in [1.165, 1.54) is 6.42 Å². The van der Waals surface area contributed by atoms with Crippen LogP contribution in [0.3, 0.4) is 0 Å². The number of rotatable bonds is 4. The molecule has 3 fully saturated rings. The monoisotopic (exact) mass is 418 g/mol. The van der Waals surface area contributed by atoms with Crippen molar-refractivity contribution in [2.45, 2.75) is 77.2 Å². The Morgan fingerprint density at radius 2 is 1.83 bits per heavy atom. The van der Waals surface area contributed by atoms with Crippen LogP contribution in [0.25, 0.3) is 0 Å². The van der Waals surface area contributed by atoms with Crippen LogP contribution in [0.2, 0.25) is 0 Å². The lowest BCUT2D eigenvalue weighted by molar-refractivity contribution is 0.0737. The molecule has 6 heteroatoms. The number of sulfonamides is 1. The summed E-state index contributed by atoms with van der Waals surface area (Å²) in [6, 6.07) is 5.21. The Hall–Kier alpha value is -1.40. The molecule has 160 valence electrons. The second-order valence-corrected chi connectivity index (χ2v) is 12.2. The maximum Gasteiger partial charge on any atom is 0.251 e. The summed E-state index contributed by atoms with van der Waals surface area (Å²) >= 11 is 0. The number of carbonyl (C=O) groups excluding carboxylic acids is 1. The number of hydrogen-bond donors (Lipinski definition) is 1. The predicted molar refractivity (Wildman–Crippen MR) is 114 cm³/mol. The number of benzene rings is 1. The molecule has 2 saturated carbocycles. The number of amides is 1. The number of piperidine rings is 1. The van der Waals surface area contributed by atoms with E-state index in [2.05, 4.69) is 26.1 Å². The Kier molecular flexibility index (Phi) is 5.10. The third-order valence-electron chi connectivity index (χ3n) is 7.93. The highest BCUT2D eigenvalue weighted by Crippen LogP contribution is 2.62. The van der Waals surface area contributed by atoms with E-state index in [0.717, 1.165) is 32.1 Å². The molecule has 3 aliphatic rings. The van der Waals surface area contributed by atoms with Crippen LogP contribution in [0.15, 0.2) is 23.1 Å². The first-order valence-corrected chi connectivity index (χ1v) is 12.4. The third kappa shape index (κ3) is 3.42. The van der Waals surface area contributed by atoms with Crippen LogP contribution in [0.4, 0.5) is 0 Å². The van der Waals surface area contributed by atoms with Crippen molar-refractivity contribution in [2.75, 3.05) is 13.1 Å². The quantitative estimate of drug-likeness (QED) is 0.800. The van der Waals surface area contributed by atoms with Gasteiger partial charge in [-0.15, -0.1) is 0 Å². The minimum absolute atomic E-state index is 0.0655. The number of aryl methyl sites for hydroxylation is 1. The third-order valence-corrected chi connectivity index (χ3v) is 9.97. The molecule has 3 unspecified atom stereocenters. The highest BCUT2D eigenvalue weighted by molar-refractivity contribution is 7.89. The maximum absolute atomic E-state index is 13.2. The number of fused-ring (bicyclic) bond motifs is 2. The van der Waals surface area contributed by atoms with E-state index < -0.39 is 10.0 Å². The van der Waals surface area contributed by atoms with Crippen molar-refractivity contribution in [1.29, 1.82) is 0 Å². The fraction of sp³-hybridized carbons (Fsp3) is 0.696. The van der Waals surface area contributed by atoms with Gasteiger partial charge in [0.2, 0.25) is 10.0 Å². The van der Waals surface area contributed by atoms with E-state index in [9.17, 15) is 13.2 Å². The van der Waals surface area contributed by atoms with Gasteiger partial charge in [0.05, 0.1) is 4.90 Å². The number of carbonyl (C=O) groups is 1. The Morgan fingerprint density at radius 3 is 2.45 bits per heavy atom. The Bertz CT molecular complexity index is 913. The molecule has 1 aromatic carbocycles. The Balaban J connectivity index is 1.60. The molecule has 1 N–H and O–H groups in total. The number of hydrogen-bond acceptors (Lipinski definition) is 3. The van der Waals surface area contributed by atoms with Gasteiger partial charge in [-0.1, -0.05) is 33.3 Å². The van der Waals surface area contributed by atoms with E-state index >= 15 is 0 Å². The van der Waals surface area contributed by atoms with E-state index in [1.807, 2.05) is 0 Å². The van der Waals surface area contributed by atoms with Gasteiger partial charge >= 0.3 is 0 Å². The first-order chi connectivity index (χ1) is 13.6. The summed E-state index contributed by atoms with van der Waals surface area (Å²) in [4.78, 5) is 13.4. The van der Waals surface area contributed by atoms with Gasteiger partial charge in [-0.25, -0.2) is 8.42 Å². The van der Waals surface area contributed by atoms with E-state index in [-0.39, 0.29) is 27.7 Å². The molecule has 0 aromatic heterocycles. The molecular formula is C23H34N2O3S. The molecule has 29 heavy (non-hydrogen) atoms. The molecule has 1 amide bonds. The molecule has 2 bridgehead atoms. The minimum Gasteiger partial charge on any atom is -0.348 e. The average Bonchev–Trinajstić information content (AvgIpc) is 3.17. The van der Waals surface area contributed by atoms with Crippen molar-refractivity contribution in [1.82, 2.24) is 9.62 Å². The molecule has 4 rings (SSSR count). The van der Waals surface area contributed by atoms with Crippen molar-refractivity contribution >= 4 is 15.9 Å². The van der Waals surface area contributed by atoms with Crippen molar-refractivity contribution in [3.05, 3.63) is 29.3 Å². The topological polar surface area (TPSA) is 66.5 Å². The summed E-state index contributed by atoms with van der Waals surface area (Å²) in [5.41, 5.74) is 1.33. The van der Waals surface area contributed by atoms with E-state index in [1.54, 1.807) is 29.4 Å². The van der Waals surface area contributed by atoms with Crippen LogP contribution in [-0.2, 0) is 10.0 Å². The van der Waals surface area contributed by atoms with Crippen LogP contribution in [0.5, 0.6) is 0 Å². The summed E-state index contributed by atoms with van der Waals surface area (Å²) in [5, 5.41) is 3.29. The molecule has 1 aliphatic heterocycles. The van der Waals surface area contributed by atoms with Crippen LogP contribution >= 0.6 is 0 Å². The molecule has 1 saturated heterocycles. The summed E-state index contributed by atoms with van der Waals surface area (Å²) in [6.45, 7) is 9.73. The lowest BCUT2D eigenvalue weighted by Crippen LogP contribution is -2.52. The standard InChI is InChI=1S/C23H34N2O3S/c1-16-8-9-17(14-19(16)29(27,28)25-12-6-5-7-13-25)20(26)24-21-22(2,3)18-10-11-23(21,4)15-18/h8-9,14,18,21H,5-7,10-13,15H2,1-4H3,(H,24,26). The van der Waals surface area contributed by atoms with Gasteiger partial charge < -0.3 is 5.32 Å². The van der Waals surface area contributed by atoms with Gasteiger partial charge in [0.15, 0.2) is 0 Å². The van der Waals surface area contributed by atoms with Gasteiger partial charge in [0.1, 0.15) is 0 Å². The smallest absolute Gasteiger partial charge is 0.251 e. The fourth-order valence-electron chi connectivity index (χ4n) is 6.14. The molecule has 2 aliphatic carbocycles. The largest absolute Gasteiger partial charge is 0.348 e. The Labute approximate surface area is 175 Å². The average molecular weight is 419 g/mol. The van der Waals surface area contributed by atoms with Crippen LogP contribution in [-0.4, -0.2) is 37.8 Å². The zero-order chi connectivity index (χ0) is 21.0. The zero-order valence-corrected chi connectivity index (χ0v) is 18.9. The lowest BCUT2D eigenvalue weighted by Gasteiger charge is -2.43. The van der Waals surface area contributed by atoms with Gasteiger partial charge in [0, 0.05) is 24.7 Å². The molecule has 0 spiro atoms. The summed E-state index contributed by atoms with van der Waals surface area (Å²) in [5.74, 6) is 0.484. The lowest BCUT2D eigenvalue weighted by atomic mass is 9.68. The first-order valence-electron chi connectivity index (χ1n) is 11.0. The normalized spacial score (nSPS) is 31.7. The minimum atomic E-state index is -3.57. The zero-order valence-electron chi connectivity index (χ0n) is 18.1. The predicted octanol–water partition coefficient (Wildman–Crippen LogP) is 4.11. The van der Waals surface area contributed by atoms with Crippen LogP contribution in [0.1, 0.15) is 75.2 Å². The molecule has 1 aromatic rings. The van der Waals surface area contributed by atoms with Crippen molar-refractivity contribution in [2.24, 2.45) is 16.7 Å². The van der Waals surface area contributed by atoms with Gasteiger partial charge in [-0.05, 0) is 73.5 Å². The van der Waals surface area contributed by atoms with Crippen molar-refractivity contribution < 1.29 is 13.2 Å². The Morgan fingerprint density at radius 1 is 1.14 bits per heavy atom. The molecule has 3 atom stereocenters. The highest BCUT2D eigenvalue weighted by atomic mass is 32.2. The summed E-state index contributed by atoms with van der Waals surface area (Å²) < 4.78 is 27.9. The van der Waals surface area contributed by atoms with Crippen LogP contribution < -0.4 is 5.32 Å². The highest BCUT2D eigenvalue weighted by Gasteiger charge is 2.59. The van der Waals surface area contributed by atoms with Crippen LogP contribution in [0, 0.1) is 23.7 Å². The first kappa shape index (κ1) is 20.9. The second kappa shape index (κ2) is 7.09. The summed E-state index contributed by atoms with van der Waals surface area (Å²) in [7, 11) is -3.57. The van der Waals surface area contributed by atoms with Gasteiger partial charge in [0.25, 0.3) is 5.91 Å². The van der Waals surface area contributed by atoms with E-state index in [4.69, 9.17) is 0 Å². The van der Waals surface area contributed by atoms with Crippen molar-refractivity contribution in [3.63, 3.8) is 0 Å². The molecular weight excluding hydrogens is 384 g/mol. The molecule has 0 radical (unpaired) electrons. The SMILES string of the molecule is Cc1ccc(C(=O)NC2C3(C)CCC(C3)C2(C)C)cc1S(=O)(=O)N1CCCCC1. The number of nitrogens with one attached hydrogen (secondary N) is 1. The summed E-state index contributed by atoms with van der Waals surface area (Å²) in [6.07, 6.45) is 6.41. The van der Waals surface area contributed by atoms with E-state index in [0.29, 0.717) is 30.1 Å². The maximum atomic E-state index is 13.2. The molecule has 1 heterocycles. The van der Waals surface area contributed by atoms with Gasteiger partial charge in [-0.3, -0.25) is 4.79 Å². The fourth-order valence-corrected chi connectivity index (χ4v) is 7.91. The molecule has 5 nitrogen and oxygen atoms in total. The van der Waals surface area contributed by atoms with Gasteiger partial charge in [-0.2, -0.15) is 4.31 Å². The van der Waals surface area contributed by atoms with Crippen molar-refractivity contribution in [3.8, 4) is 0 Å². The number of nitrogens with zero attached hydrogens (tertiary/aromatic N) is 1. The second-order valence-electron chi connectivity index (χ2n) is 10.3.